The van der Waals surface area contributed by atoms with E-state index in [4.69, 9.17) is 5.73 Å². The van der Waals surface area contributed by atoms with E-state index in [1.807, 2.05) is 18.2 Å². The summed E-state index contributed by atoms with van der Waals surface area (Å²) in [5, 5.41) is 7.36. The molecule has 1 saturated carbocycles. The molecule has 100 valence electrons. The summed E-state index contributed by atoms with van der Waals surface area (Å²) >= 11 is 4.98. The van der Waals surface area contributed by atoms with E-state index in [0.29, 0.717) is 6.04 Å². The fourth-order valence-corrected chi connectivity index (χ4v) is 3.46. The first kappa shape index (κ1) is 12.8. The molecule has 5 nitrogen and oxygen atoms in total. The van der Waals surface area contributed by atoms with Gasteiger partial charge >= 0.3 is 5.69 Å². The molecular weight excluding hydrogens is 328 g/mol. The molecule has 1 fully saturated rings. The van der Waals surface area contributed by atoms with Crippen molar-refractivity contribution in [1.29, 1.82) is 0 Å². The lowest BCUT2D eigenvalue weighted by molar-refractivity contribution is 0.642. The summed E-state index contributed by atoms with van der Waals surface area (Å²) in [5.41, 5.74) is 7.53. The van der Waals surface area contributed by atoms with Gasteiger partial charge in [-0.2, -0.15) is 0 Å². The molecule has 1 aliphatic carbocycles. The molecule has 0 spiro atoms. The molecule has 0 aliphatic heterocycles. The molecule has 0 saturated heterocycles. The Morgan fingerprint density at radius 3 is 2.95 bits per heavy atom. The number of benzene rings is 1. The summed E-state index contributed by atoms with van der Waals surface area (Å²) in [4.78, 5) is 11.6. The number of nitrogens with one attached hydrogen (secondary N) is 1. The Labute approximate surface area is 122 Å². The molecule has 0 radical (unpaired) electrons. The van der Waals surface area contributed by atoms with Crippen LogP contribution in [-0.2, 0) is 5.75 Å². The molecule has 2 aromatic rings. The summed E-state index contributed by atoms with van der Waals surface area (Å²) in [7, 11) is 0. The van der Waals surface area contributed by atoms with Gasteiger partial charge in [0.1, 0.15) is 0 Å². The highest BCUT2D eigenvalue weighted by Crippen LogP contribution is 2.36. The predicted molar refractivity (Wildman–Crippen MR) is 79.2 cm³/mol. The van der Waals surface area contributed by atoms with E-state index in [2.05, 4.69) is 26.1 Å². The maximum Gasteiger partial charge on any atom is 0.344 e. The largest absolute Gasteiger partial charge is 0.399 e. The number of halogens is 1. The number of nitrogens with zero attached hydrogens (tertiary/aromatic N) is 2. The number of nitrogens with two attached hydrogens (primary N) is 1. The Kier molecular flexibility index (Phi) is 3.40. The van der Waals surface area contributed by atoms with E-state index in [-0.39, 0.29) is 5.69 Å². The average Bonchev–Trinajstić information content (AvgIpc) is 3.10. The number of hydrogen-bond acceptors (Lipinski definition) is 4. The van der Waals surface area contributed by atoms with Crippen molar-refractivity contribution in [3.05, 3.63) is 38.7 Å². The van der Waals surface area contributed by atoms with Gasteiger partial charge in [-0.25, -0.2) is 9.89 Å². The van der Waals surface area contributed by atoms with Crippen molar-refractivity contribution in [3.63, 3.8) is 0 Å². The van der Waals surface area contributed by atoms with Crippen LogP contribution in [0.25, 0.3) is 0 Å². The minimum absolute atomic E-state index is 0.112. The highest BCUT2D eigenvalue weighted by Gasteiger charge is 2.28. The Balaban J connectivity index is 1.77. The summed E-state index contributed by atoms with van der Waals surface area (Å²) in [6, 6.07) is 6.16. The van der Waals surface area contributed by atoms with Gasteiger partial charge in [0.05, 0.1) is 0 Å². The second-order valence-corrected chi connectivity index (χ2v) is 6.45. The number of anilines is 1. The first-order valence-corrected chi connectivity index (χ1v) is 7.76. The zero-order valence-corrected chi connectivity index (χ0v) is 12.5. The zero-order chi connectivity index (χ0) is 13.4. The minimum atomic E-state index is -0.112. The van der Waals surface area contributed by atoms with E-state index >= 15 is 0 Å². The SMILES string of the molecule is Nc1cc(Br)cc(CSc2n[nH]c(=O)n2C2CC2)c1. The quantitative estimate of drug-likeness (QED) is 0.662. The van der Waals surface area contributed by atoms with Gasteiger partial charge in [0.2, 0.25) is 0 Å². The maximum absolute atomic E-state index is 11.6. The Morgan fingerprint density at radius 2 is 2.26 bits per heavy atom. The third kappa shape index (κ3) is 2.87. The first-order chi connectivity index (χ1) is 9.13. The van der Waals surface area contributed by atoms with Crippen LogP contribution in [0.5, 0.6) is 0 Å². The number of rotatable bonds is 4. The van der Waals surface area contributed by atoms with E-state index in [1.54, 1.807) is 16.3 Å². The van der Waals surface area contributed by atoms with Crippen molar-refractivity contribution in [1.82, 2.24) is 14.8 Å². The Hall–Kier alpha value is -1.21. The Morgan fingerprint density at radius 1 is 1.47 bits per heavy atom. The lowest BCUT2D eigenvalue weighted by atomic mass is 10.2. The number of H-pyrrole nitrogens is 1. The molecule has 3 rings (SSSR count). The third-order valence-electron chi connectivity index (χ3n) is 2.93. The number of nitrogen functional groups attached to an aromatic ring is 1. The van der Waals surface area contributed by atoms with Crippen molar-refractivity contribution in [3.8, 4) is 0 Å². The van der Waals surface area contributed by atoms with Crippen LogP contribution in [0.4, 0.5) is 5.69 Å². The smallest absolute Gasteiger partial charge is 0.344 e. The average molecular weight is 341 g/mol. The van der Waals surface area contributed by atoms with Gasteiger partial charge < -0.3 is 5.73 Å². The number of aromatic nitrogens is 3. The number of aromatic amines is 1. The van der Waals surface area contributed by atoms with Crippen LogP contribution in [0, 0.1) is 0 Å². The highest BCUT2D eigenvalue weighted by molar-refractivity contribution is 9.10. The van der Waals surface area contributed by atoms with Gasteiger partial charge in [-0.1, -0.05) is 27.7 Å². The molecule has 0 bridgehead atoms. The predicted octanol–water partition coefficient (Wildman–Crippen LogP) is 2.54. The van der Waals surface area contributed by atoms with Gasteiger partial charge in [0.15, 0.2) is 5.16 Å². The van der Waals surface area contributed by atoms with E-state index in [9.17, 15) is 4.79 Å². The zero-order valence-electron chi connectivity index (χ0n) is 10.1. The van der Waals surface area contributed by atoms with Crippen LogP contribution in [0.3, 0.4) is 0 Å². The van der Waals surface area contributed by atoms with Crippen molar-refractivity contribution in [2.75, 3.05) is 5.73 Å². The van der Waals surface area contributed by atoms with Crippen LogP contribution in [0.1, 0.15) is 24.4 Å². The van der Waals surface area contributed by atoms with Gasteiger partial charge in [-0.15, -0.1) is 5.10 Å². The lowest BCUT2D eigenvalue weighted by Crippen LogP contribution is -2.16. The summed E-state index contributed by atoms with van der Waals surface area (Å²) < 4.78 is 2.72. The molecule has 1 heterocycles. The van der Waals surface area contributed by atoms with Crippen molar-refractivity contribution >= 4 is 33.4 Å². The van der Waals surface area contributed by atoms with Crippen molar-refractivity contribution in [2.24, 2.45) is 0 Å². The highest BCUT2D eigenvalue weighted by atomic mass is 79.9. The molecule has 0 atom stereocenters. The van der Waals surface area contributed by atoms with Gasteiger partial charge in [0, 0.05) is 22.0 Å². The molecule has 7 heteroatoms. The normalized spacial score (nSPS) is 14.8. The standard InChI is InChI=1S/C12H13BrN4OS/c13-8-3-7(4-9(14)5-8)6-19-12-16-15-11(18)17(12)10-1-2-10/h3-5,10H,1-2,6,14H2,(H,15,18). The molecule has 19 heavy (non-hydrogen) atoms. The summed E-state index contributed by atoms with van der Waals surface area (Å²) in [6.45, 7) is 0. The second kappa shape index (κ2) is 5.05. The van der Waals surface area contributed by atoms with E-state index in [0.717, 1.165) is 39.5 Å². The molecule has 1 aliphatic rings. The molecular formula is C12H13BrN4OS. The molecule has 0 amide bonds. The second-order valence-electron chi connectivity index (χ2n) is 4.59. The molecule has 0 unspecified atom stereocenters. The molecule has 1 aromatic heterocycles. The van der Waals surface area contributed by atoms with Crippen LogP contribution in [0.15, 0.2) is 32.6 Å². The van der Waals surface area contributed by atoms with Crippen LogP contribution < -0.4 is 11.4 Å². The maximum atomic E-state index is 11.6. The molecule has 3 N–H and O–H groups in total. The monoisotopic (exact) mass is 340 g/mol. The number of hydrogen-bond donors (Lipinski definition) is 2. The molecule has 1 aromatic carbocycles. The van der Waals surface area contributed by atoms with Crippen LogP contribution >= 0.6 is 27.7 Å². The summed E-state index contributed by atoms with van der Waals surface area (Å²) in [5.74, 6) is 0.737. The van der Waals surface area contributed by atoms with Gasteiger partial charge in [-0.05, 0) is 36.6 Å². The fraction of sp³-hybridized carbons (Fsp3) is 0.333. The first-order valence-electron chi connectivity index (χ1n) is 5.98. The topological polar surface area (TPSA) is 76.7 Å². The summed E-state index contributed by atoms with van der Waals surface area (Å²) in [6.07, 6.45) is 2.13. The lowest BCUT2D eigenvalue weighted by Gasteiger charge is -2.05. The van der Waals surface area contributed by atoms with Crippen molar-refractivity contribution < 1.29 is 0 Å². The third-order valence-corrected chi connectivity index (χ3v) is 4.41. The van der Waals surface area contributed by atoms with Crippen LogP contribution in [-0.4, -0.2) is 14.8 Å². The van der Waals surface area contributed by atoms with Crippen molar-refractivity contribution in [2.45, 2.75) is 29.8 Å². The van der Waals surface area contributed by atoms with Gasteiger partial charge in [-0.3, -0.25) is 4.57 Å². The number of thioether (sulfide) groups is 1. The fourth-order valence-electron chi connectivity index (χ4n) is 1.95. The van der Waals surface area contributed by atoms with Crippen LogP contribution in [0.2, 0.25) is 0 Å². The van der Waals surface area contributed by atoms with Gasteiger partial charge in [0.25, 0.3) is 0 Å². The van der Waals surface area contributed by atoms with E-state index in [1.165, 1.54) is 0 Å². The minimum Gasteiger partial charge on any atom is -0.399 e. The Bertz CT molecular complexity index is 642. The van der Waals surface area contributed by atoms with E-state index < -0.39 is 0 Å².